The molecule has 0 saturated heterocycles. The van der Waals surface area contributed by atoms with E-state index in [1.807, 2.05) is 17.8 Å². The first-order valence-electron chi connectivity index (χ1n) is 5.27. The van der Waals surface area contributed by atoms with Crippen LogP contribution in [0, 0.1) is 6.92 Å². The van der Waals surface area contributed by atoms with E-state index < -0.39 is 5.97 Å². The van der Waals surface area contributed by atoms with Crippen molar-refractivity contribution in [1.29, 1.82) is 0 Å². The van der Waals surface area contributed by atoms with Crippen LogP contribution in [0.2, 0.25) is 0 Å². The summed E-state index contributed by atoms with van der Waals surface area (Å²) in [7, 11) is 0. The van der Waals surface area contributed by atoms with Crippen LogP contribution in [0.1, 0.15) is 44.0 Å². The Bertz CT molecular complexity index is 342. The van der Waals surface area contributed by atoms with Crippen molar-refractivity contribution < 1.29 is 9.90 Å². The summed E-state index contributed by atoms with van der Waals surface area (Å²) in [5.74, 6) is -0.732. The van der Waals surface area contributed by atoms with Gasteiger partial charge in [-0.15, -0.1) is 0 Å². The molecule has 1 rings (SSSR count). The zero-order chi connectivity index (χ0) is 11.4. The number of carbonyl (C=O) groups is 1. The quantitative estimate of drug-likeness (QED) is 0.810. The van der Waals surface area contributed by atoms with Crippen LogP contribution in [0.25, 0.3) is 0 Å². The zero-order valence-corrected chi connectivity index (χ0v) is 9.53. The fourth-order valence-electron chi connectivity index (χ4n) is 1.46. The molecule has 0 saturated carbocycles. The van der Waals surface area contributed by atoms with Crippen molar-refractivity contribution in [2.45, 2.75) is 46.1 Å². The third-order valence-electron chi connectivity index (χ3n) is 2.38. The van der Waals surface area contributed by atoms with E-state index in [0.29, 0.717) is 12.5 Å². The van der Waals surface area contributed by atoms with Gasteiger partial charge in [-0.3, -0.25) is 9.48 Å². The average Bonchev–Trinajstić information content (AvgIpc) is 2.47. The maximum absolute atomic E-state index is 10.4. The van der Waals surface area contributed by atoms with E-state index in [0.717, 1.165) is 17.7 Å². The fourth-order valence-corrected chi connectivity index (χ4v) is 1.46. The molecule has 4 nitrogen and oxygen atoms in total. The second-order valence-electron chi connectivity index (χ2n) is 4.06. The Hall–Kier alpha value is -1.32. The molecule has 1 N–H and O–H groups in total. The second kappa shape index (κ2) is 4.96. The summed E-state index contributed by atoms with van der Waals surface area (Å²) in [6.07, 6.45) is 3.72. The summed E-state index contributed by atoms with van der Waals surface area (Å²) in [6.45, 7) is 6.12. The van der Waals surface area contributed by atoms with Crippen LogP contribution in [-0.4, -0.2) is 20.9 Å². The zero-order valence-electron chi connectivity index (χ0n) is 9.53. The highest BCUT2D eigenvalue weighted by Gasteiger charge is 2.07. The van der Waals surface area contributed by atoms with Gasteiger partial charge in [-0.05, 0) is 39.2 Å². The second-order valence-corrected chi connectivity index (χ2v) is 4.06. The van der Waals surface area contributed by atoms with Gasteiger partial charge in [0, 0.05) is 18.7 Å². The van der Waals surface area contributed by atoms with Crippen molar-refractivity contribution >= 4 is 5.97 Å². The number of hydrogen-bond acceptors (Lipinski definition) is 2. The van der Waals surface area contributed by atoms with Crippen LogP contribution >= 0.6 is 0 Å². The highest BCUT2D eigenvalue weighted by Crippen LogP contribution is 2.13. The van der Waals surface area contributed by atoms with E-state index in [4.69, 9.17) is 5.11 Å². The first kappa shape index (κ1) is 11.8. The lowest BCUT2D eigenvalue weighted by atomic mass is 10.1. The Labute approximate surface area is 89.9 Å². The van der Waals surface area contributed by atoms with Gasteiger partial charge in [0.2, 0.25) is 0 Å². The summed E-state index contributed by atoms with van der Waals surface area (Å²) >= 11 is 0. The summed E-state index contributed by atoms with van der Waals surface area (Å²) in [5, 5.41) is 12.9. The molecular weight excluding hydrogens is 192 g/mol. The lowest BCUT2D eigenvalue weighted by Crippen LogP contribution is -2.00. The molecule has 0 aromatic carbocycles. The van der Waals surface area contributed by atoms with E-state index in [9.17, 15) is 4.79 Å². The van der Waals surface area contributed by atoms with E-state index in [-0.39, 0.29) is 6.42 Å². The number of hydrogen-bond donors (Lipinski definition) is 1. The van der Waals surface area contributed by atoms with Crippen molar-refractivity contribution in [2.75, 3.05) is 0 Å². The monoisotopic (exact) mass is 210 g/mol. The molecule has 84 valence electrons. The molecular formula is C11H18N2O2. The van der Waals surface area contributed by atoms with E-state index in [2.05, 4.69) is 18.9 Å². The van der Waals surface area contributed by atoms with E-state index in [1.165, 1.54) is 0 Å². The normalized spacial score (nSPS) is 10.9. The fraction of sp³-hybridized carbons (Fsp3) is 0.636. The van der Waals surface area contributed by atoms with Gasteiger partial charge in [0.1, 0.15) is 0 Å². The topological polar surface area (TPSA) is 55.1 Å². The number of carboxylic acid groups (broad SMARTS) is 1. The van der Waals surface area contributed by atoms with Gasteiger partial charge < -0.3 is 5.11 Å². The van der Waals surface area contributed by atoms with Gasteiger partial charge in [0.15, 0.2) is 0 Å². The Morgan fingerprint density at radius 1 is 1.60 bits per heavy atom. The number of rotatable bonds is 5. The summed E-state index contributed by atoms with van der Waals surface area (Å²) in [6, 6.07) is 0.358. The number of nitrogens with zero attached hydrogens (tertiary/aromatic N) is 2. The van der Waals surface area contributed by atoms with Crippen molar-refractivity contribution in [2.24, 2.45) is 0 Å². The Morgan fingerprint density at radius 3 is 2.73 bits per heavy atom. The summed E-state index contributed by atoms with van der Waals surface area (Å²) in [5.41, 5.74) is 2.17. The minimum atomic E-state index is -0.732. The van der Waals surface area contributed by atoms with Crippen LogP contribution in [0.15, 0.2) is 6.20 Å². The third kappa shape index (κ3) is 3.38. The molecule has 0 radical (unpaired) electrons. The van der Waals surface area contributed by atoms with Gasteiger partial charge in [0.05, 0.1) is 5.69 Å². The molecule has 0 spiro atoms. The van der Waals surface area contributed by atoms with Gasteiger partial charge in [-0.25, -0.2) is 0 Å². The molecule has 0 aliphatic carbocycles. The standard InChI is InChI=1S/C11H18N2O2/c1-8(2)13-7-10(9(3)12-13)5-4-6-11(14)15/h7-8H,4-6H2,1-3H3,(H,14,15). The van der Waals surface area contributed by atoms with Gasteiger partial charge >= 0.3 is 5.97 Å². The van der Waals surface area contributed by atoms with Crippen molar-refractivity contribution in [3.8, 4) is 0 Å². The SMILES string of the molecule is Cc1nn(C(C)C)cc1CCCC(=O)O. The molecule has 0 unspecified atom stereocenters. The first-order chi connectivity index (χ1) is 7.00. The number of aryl methyl sites for hydroxylation is 2. The Balaban J connectivity index is 2.57. The molecule has 0 fully saturated rings. The van der Waals surface area contributed by atoms with Crippen LogP contribution in [0.3, 0.4) is 0 Å². The molecule has 4 heteroatoms. The van der Waals surface area contributed by atoms with Crippen LogP contribution in [0.5, 0.6) is 0 Å². The molecule has 0 amide bonds. The lowest BCUT2D eigenvalue weighted by molar-refractivity contribution is -0.137. The minimum Gasteiger partial charge on any atom is -0.481 e. The van der Waals surface area contributed by atoms with Gasteiger partial charge in [-0.2, -0.15) is 5.10 Å². The molecule has 0 atom stereocenters. The van der Waals surface area contributed by atoms with Crippen molar-refractivity contribution in [3.05, 3.63) is 17.5 Å². The number of aromatic nitrogens is 2. The average molecular weight is 210 g/mol. The number of carboxylic acids is 1. The first-order valence-corrected chi connectivity index (χ1v) is 5.27. The highest BCUT2D eigenvalue weighted by molar-refractivity contribution is 5.66. The predicted molar refractivity (Wildman–Crippen MR) is 57.9 cm³/mol. The van der Waals surface area contributed by atoms with Gasteiger partial charge in [0.25, 0.3) is 0 Å². The Kier molecular flexibility index (Phi) is 3.88. The molecule has 0 bridgehead atoms. The van der Waals surface area contributed by atoms with Crippen LogP contribution in [0.4, 0.5) is 0 Å². The molecule has 1 aromatic rings. The predicted octanol–water partition coefficient (Wildman–Crippen LogP) is 2.18. The van der Waals surface area contributed by atoms with E-state index >= 15 is 0 Å². The Morgan fingerprint density at radius 2 is 2.27 bits per heavy atom. The molecule has 1 aromatic heterocycles. The largest absolute Gasteiger partial charge is 0.481 e. The maximum Gasteiger partial charge on any atom is 0.303 e. The van der Waals surface area contributed by atoms with Crippen LogP contribution < -0.4 is 0 Å². The van der Waals surface area contributed by atoms with Crippen molar-refractivity contribution in [1.82, 2.24) is 9.78 Å². The maximum atomic E-state index is 10.4. The molecule has 1 heterocycles. The molecule has 0 aliphatic rings. The van der Waals surface area contributed by atoms with Crippen LogP contribution in [-0.2, 0) is 11.2 Å². The molecule has 0 aliphatic heterocycles. The third-order valence-corrected chi connectivity index (χ3v) is 2.38. The minimum absolute atomic E-state index is 0.228. The van der Waals surface area contributed by atoms with Crippen molar-refractivity contribution in [3.63, 3.8) is 0 Å². The summed E-state index contributed by atoms with van der Waals surface area (Å²) in [4.78, 5) is 10.4. The summed E-state index contributed by atoms with van der Waals surface area (Å²) < 4.78 is 1.92. The lowest BCUT2D eigenvalue weighted by Gasteiger charge is -2.02. The van der Waals surface area contributed by atoms with Gasteiger partial charge in [-0.1, -0.05) is 0 Å². The smallest absolute Gasteiger partial charge is 0.303 e. The van der Waals surface area contributed by atoms with E-state index in [1.54, 1.807) is 0 Å². The highest BCUT2D eigenvalue weighted by atomic mass is 16.4. The number of aliphatic carboxylic acids is 1. The molecule has 15 heavy (non-hydrogen) atoms.